The van der Waals surface area contributed by atoms with Gasteiger partial charge in [0.05, 0.1) is 0 Å². The molecule has 23 heavy (non-hydrogen) atoms. The summed E-state index contributed by atoms with van der Waals surface area (Å²) in [5, 5.41) is 2.81. The molecule has 0 atom stereocenters. The molecule has 4 rings (SSSR count). The molecule has 1 N–H and O–H groups in total. The summed E-state index contributed by atoms with van der Waals surface area (Å²) in [6.45, 7) is 2.23. The van der Waals surface area contributed by atoms with Gasteiger partial charge in [-0.05, 0) is 36.8 Å². The van der Waals surface area contributed by atoms with Gasteiger partial charge in [-0.3, -0.25) is 4.79 Å². The molecule has 0 saturated carbocycles. The molecule has 2 aromatic carbocycles. The molecule has 0 spiro atoms. The van der Waals surface area contributed by atoms with E-state index in [9.17, 15) is 4.79 Å². The predicted molar refractivity (Wildman–Crippen MR) is 86.4 cm³/mol. The van der Waals surface area contributed by atoms with Gasteiger partial charge < -0.3 is 14.8 Å². The molecule has 0 radical (unpaired) electrons. The van der Waals surface area contributed by atoms with Gasteiger partial charge in [0.2, 0.25) is 6.79 Å². The van der Waals surface area contributed by atoms with E-state index in [0.29, 0.717) is 23.0 Å². The molecule has 114 valence electrons. The second kappa shape index (κ2) is 5.28. The van der Waals surface area contributed by atoms with Crippen LogP contribution in [0.15, 0.2) is 53.2 Å². The molecule has 2 aromatic rings. The van der Waals surface area contributed by atoms with Gasteiger partial charge in [0, 0.05) is 5.56 Å². The number of rotatable bonds is 2. The fourth-order valence-corrected chi connectivity index (χ4v) is 2.56. The van der Waals surface area contributed by atoms with E-state index in [-0.39, 0.29) is 12.7 Å². The summed E-state index contributed by atoms with van der Waals surface area (Å²) in [7, 11) is 0. The molecule has 2 aliphatic rings. The highest BCUT2D eigenvalue weighted by atomic mass is 16.7. The summed E-state index contributed by atoms with van der Waals surface area (Å²) in [4.78, 5) is 16.5. The fourth-order valence-electron chi connectivity index (χ4n) is 2.56. The highest BCUT2D eigenvalue weighted by molar-refractivity contribution is 6.19. The lowest BCUT2D eigenvalue weighted by atomic mass is 10.1. The van der Waals surface area contributed by atoms with Crippen LogP contribution in [0.4, 0.5) is 0 Å². The number of benzene rings is 2. The van der Waals surface area contributed by atoms with Crippen molar-refractivity contribution in [3.63, 3.8) is 0 Å². The molecule has 0 bridgehead atoms. The van der Waals surface area contributed by atoms with E-state index in [2.05, 4.69) is 10.3 Å². The SMILES string of the molecule is Cc1cccc(C2=N/C(=C/c3ccc4c(c3)OCO4)C(=O)N2)c1. The number of amides is 1. The third kappa shape index (κ3) is 2.57. The lowest BCUT2D eigenvalue weighted by Gasteiger charge is -2.00. The van der Waals surface area contributed by atoms with Gasteiger partial charge in [-0.2, -0.15) is 0 Å². The Hall–Kier alpha value is -3.08. The quantitative estimate of drug-likeness (QED) is 0.868. The van der Waals surface area contributed by atoms with Crippen molar-refractivity contribution < 1.29 is 14.3 Å². The lowest BCUT2D eigenvalue weighted by Crippen LogP contribution is -2.24. The minimum atomic E-state index is -0.209. The average molecular weight is 306 g/mol. The van der Waals surface area contributed by atoms with Gasteiger partial charge in [0.15, 0.2) is 11.5 Å². The molecule has 5 nitrogen and oxygen atoms in total. The predicted octanol–water partition coefficient (Wildman–Crippen LogP) is 2.64. The summed E-state index contributed by atoms with van der Waals surface area (Å²) in [5.41, 5.74) is 3.23. The Morgan fingerprint density at radius 3 is 2.87 bits per heavy atom. The zero-order valence-corrected chi connectivity index (χ0v) is 12.5. The van der Waals surface area contributed by atoms with E-state index in [1.165, 1.54) is 0 Å². The number of aliphatic imine (C=N–C) groups is 1. The number of fused-ring (bicyclic) bond motifs is 1. The molecule has 0 unspecified atom stereocenters. The number of nitrogens with one attached hydrogen (secondary N) is 1. The van der Waals surface area contributed by atoms with E-state index in [0.717, 1.165) is 16.7 Å². The topological polar surface area (TPSA) is 59.9 Å². The van der Waals surface area contributed by atoms with E-state index in [4.69, 9.17) is 9.47 Å². The first-order valence-corrected chi connectivity index (χ1v) is 7.27. The highest BCUT2D eigenvalue weighted by Gasteiger charge is 2.21. The molecule has 0 aromatic heterocycles. The van der Waals surface area contributed by atoms with E-state index in [1.807, 2.05) is 49.4 Å². The van der Waals surface area contributed by atoms with Crippen LogP contribution in [0.3, 0.4) is 0 Å². The summed E-state index contributed by atoms with van der Waals surface area (Å²) in [6, 6.07) is 13.4. The molecular weight excluding hydrogens is 292 g/mol. The van der Waals surface area contributed by atoms with E-state index < -0.39 is 0 Å². The molecule has 5 heteroatoms. The molecule has 1 amide bonds. The largest absolute Gasteiger partial charge is 0.454 e. The van der Waals surface area contributed by atoms with Crippen LogP contribution in [-0.4, -0.2) is 18.5 Å². The van der Waals surface area contributed by atoms with Crippen molar-refractivity contribution in [1.82, 2.24) is 5.32 Å². The van der Waals surface area contributed by atoms with Crippen molar-refractivity contribution in [2.24, 2.45) is 4.99 Å². The lowest BCUT2D eigenvalue weighted by molar-refractivity contribution is -0.115. The normalized spacial score (nSPS) is 17.3. The molecule has 0 saturated heterocycles. The maximum atomic E-state index is 12.1. The van der Waals surface area contributed by atoms with Crippen molar-refractivity contribution in [1.29, 1.82) is 0 Å². The molecule has 2 aliphatic heterocycles. The molecule has 2 heterocycles. The number of carbonyl (C=O) groups excluding carboxylic acids is 1. The number of aryl methyl sites for hydroxylation is 1. The number of ether oxygens (including phenoxy) is 2. The van der Waals surface area contributed by atoms with Gasteiger partial charge in [0.25, 0.3) is 5.91 Å². The number of amidine groups is 1. The summed E-state index contributed by atoms with van der Waals surface area (Å²) in [5.74, 6) is 1.76. The van der Waals surface area contributed by atoms with Crippen LogP contribution in [-0.2, 0) is 4.79 Å². The number of hydrogen-bond donors (Lipinski definition) is 1. The first kappa shape index (κ1) is 13.6. The Labute approximate surface area is 133 Å². The van der Waals surface area contributed by atoms with Crippen molar-refractivity contribution in [3.8, 4) is 11.5 Å². The monoisotopic (exact) mass is 306 g/mol. The standard InChI is InChI=1S/C18H14N2O3/c1-11-3-2-4-13(7-11)17-19-14(18(21)20-17)8-12-5-6-15-16(9-12)23-10-22-15/h2-9H,10H2,1H3,(H,19,20,21)/b14-8+. The van der Waals surface area contributed by atoms with Crippen molar-refractivity contribution >= 4 is 17.8 Å². The maximum absolute atomic E-state index is 12.1. The van der Waals surface area contributed by atoms with Crippen LogP contribution in [0.2, 0.25) is 0 Å². The highest BCUT2D eigenvalue weighted by Crippen LogP contribution is 2.33. The van der Waals surface area contributed by atoms with Crippen LogP contribution < -0.4 is 14.8 Å². The van der Waals surface area contributed by atoms with E-state index in [1.54, 1.807) is 6.08 Å². The second-order valence-electron chi connectivity index (χ2n) is 5.43. The number of hydrogen-bond acceptors (Lipinski definition) is 4. The summed E-state index contributed by atoms with van der Waals surface area (Å²) in [6.07, 6.45) is 1.74. The third-order valence-corrected chi connectivity index (χ3v) is 3.69. The van der Waals surface area contributed by atoms with Gasteiger partial charge in [-0.15, -0.1) is 0 Å². The second-order valence-corrected chi connectivity index (χ2v) is 5.43. The van der Waals surface area contributed by atoms with Gasteiger partial charge in [-0.1, -0.05) is 29.8 Å². The van der Waals surface area contributed by atoms with Crippen LogP contribution in [0.25, 0.3) is 6.08 Å². The summed E-state index contributed by atoms with van der Waals surface area (Å²) >= 11 is 0. The fraction of sp³-hybridized carbons (Fsp3) is 0.111. The first-order valence-electron chi connectivity index (χ1n) is 7.27. The van der Waals surface area contributed by atoms with Gasteiger partial charge >= 0.3 is 0 Å². The Morgan fingerprint density at radius 1 is 1.13 bits per heavy atom. The molecular formula is C18H14N2O3. The smallest absolute Gasteiger partial charge is 0.275 e. The minimum Gasteiger partial charge on any atom is -0.454 e. The van der Waals surface area contributed by atoms with Crippen molar-refractivity contribution in [2.45, 2.75) is 6.92 Å². The Kier molecular flexibility index (Phi) is 3.12. The van der Waals surface area contributed by atoms with Crippen molar-refractivity contribution in [3.05, 3.63) is 64.9 Å². The van der Waals surface area contributed by atoms with Gasteiger partial charge in [0.1, 0.15) is 11.5 Å². The maximum Gasteiger partial charge on any atom is 0.275 e. The average Bonchev–Trinajstić information content (AvgIpc) is 3.14. The Morgan fingerprint density at radius 2 is 2.00 bits per heavy atom. The molecule has 0 aliphatic carbocycles. The Balaban J connectivity index is 1.67. The zero-order chi connectivity index (χ0) is 15.8. The third-order valence-electron chi connectivity index (χ3n) is 3.69. The van der Waals surface area contributed by atoms with Crippen LogP contribution >= 0.6 is 0 Å². The Bertz CT molecular complexity index is 868. The van der Waals surface area contributed by atoms with Crippen LogP contribution in [0.5, 0.6) is 11.5 Å². The first-order chi connectivity index (χ1) is 11.2. The zero-order valence-electron chi connectivity index (χ0n) is 12.5. The number of nitrogens with zero attached hydrogens (tertiary/aromatic N) is 1. The van der Waals surface area contributed by atoms with Gasteiger partial charge in [-0.25, -0.2) is 4.99 Å². The van der Waals surface area contributed by atoms with Crippen molar-refractivity contribution in [2.75, 3.05) is 6.79 Å². The minimum absolute atomic E-state index is 0.209. The number of carbonyl (C=O) groups is 1. The molecule has 0 fully saturated rings. The van der Waals surface area contributed by atoms with E-state index >= 15 is 0 Å². The van der Waals surface area contributed by atoms with Crippen LogP contribution in [0, 0.1) is 6.92 Å². The summed E-state index contributed by atoms with van der Waals surface area (Å²) < 4.78 is 10.6. The van der Waals surface area contributed by atoms with Crippen LogP contribution in [0.1, 0.15) is 16.7 Å².